The Bertz CT molecular complexity index is 266. The molecule has 1 aliphatic carbocycles. The molecule has 0 fully saturated rings. The van der Waals surface area contributed by atoms with Crippen LogP contribution in [0.4, 0.5) is 0 Å². The van der Waals surface area contributed by atoms with E-state index in [0.717, 1.165) is 24.1 Å². The van der Waals surface area contributed by atoms with Crippen molar-refractivity contribution < 1.29 is 0 Å². The van der Waals surface area contributed by atoms with Gasteiger partial charge in [-0.15, -0.1) is 0 Å². The van der Waals surface area contributed by atoms with Crippen molar-refractivity contribution in [1.29, 1.82) is 0 Å². The summed E-state index contributed by atoms with van der Waals surface area (Å²) in [6.07, 6.45) is 10.7. The molecule has 10 heavy (non-hydrogen) atoms. The van der Waals surface area contributed by atoms with Crippen molar-refractivity contribution in [3.63, 3.8) is 0 Å². The third-order valence-corrected chi connectivity index (χ3v) is 1.62. The minimum Gasteiger partial charge on any atom is -0.233 e. The zero-order chi connectivity index (χ0) is 6.81. The second kappa shape index (κ2) is 2.21. The molecule has 0 atom stereocenters. The van der Waals surface area contributed by atoms with E-state index in [9.17, 15) is 0 Å². The Morgan fingerprint density at radius 3 is 3.40 bits per heavy atom. The third-order valence-electron chi connectivity index (χ3n) is 1.62. The van der Waals surface area contributed by atoms with Crippen molar-refractivity contribution in [2.45, 2.75) is 12.8 Å². The summed E-state index contributed by atoms with van der Waals surface area (Å²) in [4.78, 5) is 7.84. The van der Waals surface area contributed by atoms with Crippen molar-refractivity contribution in [2.24, 2.45) is 0 Å². The van der Waals surface area contributed by atoms with Crippen LogP contribution in [0, 0.1) is 6.33 Å². The van der Waals surface area contributed by atoms with Crippen molar-refractivity contribution in [1.82, 2.24) is 9.97 Å². The first kappa shape index (κ1) is 5.59. The quantitative estimate of drug-likeness (QED) is 0.529. The number of rotatable bonds is 0. The molecule has 2 rings (SSSR count). The topological polar surface area (TPSA) is 25.8 Å². The van der Waals surface area contributed by atoms with Gasteiger partial charge in [0.2, 0.25) is 0 Å². The van der Waals surface area contributed by atoms with Crippen LogP contribution in [0.25, 0.3) is 6.08 Å². The van der Waals surface area contributed by atoms with Gasteiger partial charge in [0.25, 0.3) is 0 Å². The fraction of sp³-hybridized carbons (Fsp3) is 0.250. The summed E-state index contributed by atoms with van der Waals surface area (Å²) >= 11 is 0. The molecule has 1 heterocycles. The Labute approximate surface area is 59.6 Å². The van der Waals surface area contributed by atoms with E-state index in [2.05, 4.69) is 28.4 Å². The number of hydrogen-bond donors (Lipinski definition) is 0. The average Bonchev–Trinajstić information content (AvgIpc) is 2.05. The average molecular weight is 131 g/mol. The van der Waals surface area contributed by atoms with E-state index in [4.69, 9.17) is 0 Å². The molecule has 0 aromatic carbocycles. The molecule has 0 unspecified atom stereocenters. The largest absolute Gasteiger partial charge is 0.233 e. The number of hydrogen-bond acceptors (Lipinski definition) is 2. The summed E-state index contributed by atoms with van der Waals surface area (Å²) in [5.74, 6) is 0. The number of allylic oxidation sites excluding steroid dienone is 1. The molecule has 0 saturated heterocycles. The van der Waals surface area contributed by atoms with E-state index in [1.807, 2.05) is 0 Å². The first-order valence-electron chi connectivity index (χ1n) is 3.35. The lowest BCUT2D eigenvalue weighted by atomic mass is 10.1. The van der Waals surface area contributed by atoms with Crippen molar-refractivity contribution >= 4 is 6.08 Å². The summed E-state index contributed by atoms with van der Waals surface area (Å²) < 4.78 is 0. The number of aryl methyl sites for hydroxylation is 1. The maximum Gasteiger partial charge on any atom is 0.197 e. The molecule has 1 radical (unpaired) electrons. The summed E-state index contributed by atoms with van der Waals surface area (Å²) in [5.41, 5.74) is 2.27. The first-order chi connectivity index (χ1) is 4.97. The lowest BCUT2D eigenvalue weighted by molar-refractivity contribution is 0.904. The molecule has 49 valence electrons. The van der Waals surface area contributed by atoms with Crippen molar-refractivity contribution in [3.8, 4) is 0 Å². The monoisotopic (exact) mass is 131 g/mol. The van der Waals surface area contributed by atoms with Crippen molar-refractivity contribution in [3.05, 3.63) is 29.9 Å². The highest BCUT2D eigenvalue weighted by atomic mass is 14.8. The molecule has 0 aliphatic heterocycles. The fourth-order valence-electron chi connectivity index (χ4n) is 1.10. The van der Waals surface area contributed by atoms with Crippen LogP contribution >= 0.6 is 0 Å². The lowest BCUT2D eigenvalue weighted by Crippen LogP contribution is -1.97. The molecule has 1 aromatic rings. The van der Waals surface area contributed by atoms with Crippen LogP contribution in [0.3, 0.4) is 0 Å². The van der Waals surface area contributed by atoms with E-state index >= 15 is 0 Å². The first-order valence-corrected chi connectivity index (χ1v) is 3.35. The molecule has 0 spiro atoms. The maximum absolute atomic E-state index is 4.03. The highest BCUT2D eigenvalue weighted by Gasteiger charge is 2.03. The molecule has 2 nitrogen and oxygen atoms in total. The Morgan fingerprint density at radius 1 is 1.50 bits per heavy atom. The van der Waals surface area contributed by atoms with Crippen LogP contribution in [0.1, 0.15) is 17.7 Å². The number of fused-ring (bicyclic) bond motifs is 1. The van der Waals surface area contributed by atoms with Gasteiger partial charge in [-0.1, -0.05) is 12.2 Å². The van der Waals surface area contributed by atoms with Crippen LogP contribution in [0.5, 0.6) is 0 Å². The highest BCUT2D eigenvalue weighted by molar-refractivity contribution is 5.52. The molecule has 2 heteroatoms. The maximum atomic E-state index is 4.03. The van der Waals surface area contributed by atoms with Gasteiger partial charge in [0.15, 0.2) is 6.33 Å². The molecular weight excluding hydrogens is 124 g/mol. The van der Waals surface area contributed by atoms with E-state index in [1.165, 1.54) is 0 Å². The summed E-state index contributed by atoms with van der Waals surface area (Å²) in [6, 6.07) is 0. The van der Waals surface area contributed by atoms with Crippen LogP contribution in [0.15, 0.2) is 12.3 Å². The Balaban J connectivity index is 2.54. The Kier molecular flexibility index (Phi) is 1.24. The van der Waals surface area contributed by atoms with Crippen molar-refractivity contribution in [2.75, 3.05) is 0 Å². The van der Waals surface area contributed by atoms with Crippen LogP contribution in [-0.4, -0.2) is 9.97 Å². The summed E-state index contributed by atoms with van der Waals surface area (Å²) in [5, 5.41) is 0. The summed E-state index contributed by atoms with van der Waals surface area (Å²) in [7, 11) is 0. The molecular formula is C8H7N2. The summed E-state index contributed by atoms with van der Waals surface area (Å²) in [6.45, 7) is 0. The number of aromatic nitrogens is 2. The molecule has 0 amide bonds. The van der Waals surface area contributed by atoms with Crippen LogP contribution < -0.4 is 0 Å². The SMILES string of the molecule is [c]1ncc2c(n1)CCC=C2. The van der Waals surface area contributed by atoms with Gasteiger partial charge in [-0.2, -0.15) is 0 Å². The second-order valence-corrected chi connectivity index (χ2v) is 2.31. The Hall–Kier alpha value is -1.18. The zero-order valence-electron chi connectivity index (χ0n) is 5.54. The predicted molar refractivity (Wildman–Crippen MR) is 38.2 cm³/mol. The molecule has 1 aromatic heterocycles. The Morgan fingerprint density at radius 2 is 2.50 bits per heavy atom. The molecule has 1 aliphatic rings. The van der Waals surface area contributed by atoms with Gasteiger partial charge in [-0.3, -0.25) is 0 Å². The number of nitrogens with zero attached hydrogens (tertiary/aromatic N) is 2. The van der Waals surface area contributed by atoms with Gasteiger partial charge in [-0.05, 0) is 12.8 Å². The molecule has 0 N–H and O–H groups in total. The predicted octanol–water partition coefficient (Wildman–Crippen LogP) is 1.24. The second-order valence-electron chi connectivity index (χ2n) is 2.31. The van der Waals surface area contributed by atoms with Gasteiger partial charge < -0.3 is 0 Å². The molecule has 0 saturated carbocycles. The highest BCUT2D eigenvalue weighted by Crippen LogP contribution is 2.13. The minimum absolute atomic E-state index is 1.03. The van der Waals surface area contributed by atoms with Gasteiger partial charge in [0, 0.05) is 11.8 Å². The normalized spacial score (nSPS) is 14.8. The fourth-order valence-corrected chi connectivity index (χ4v) is 1.10. The standard InChI is InChI=1S/C8H7N2/c1-2-4-8-7(3-1)5-9-6-10-8/h1,3,5H,2,4H2. The van der Waals surface area contributed by atoms with E-state index in [-0.39, 0.29) is 0 Å². The molecule has 0 bridgehead atoms. The zero-order valence-corrected chi connectivity index (χ0v) is 5.54. The van der Waals surface area contributed by atoms with Crippen LogP contribution in [-0.2, 0) is 6.42 Å². The van der Waals surface area contributed by atoms with Crippen LogP contribution in [0.2, 0.25) is 0 Å². The minimum atomic E-state index is 1.03. The van der Waals surface area contributed by atoms with Gasteiger partial charge >= 0.3 is 0 Å². The van der Waals surface area contributed by atoms with Gasteiger partial charge in [-0.25, -0.2) is 9.97 Å². The van der Waals surface area contributed by atoms with E-state index in [1.54, 1.807) is 6.20 Å². The lowest BCUT2D eigenvalue weighted by Gasteiger charge is -2.05. The van der Waals surface area contributed by atoms with E-state index < -0.39 is 0 Å². The van der Waals surface area contributed by atoms with Gasteiger partial charge in [0.05, 0.1) is 5.69 Å². The smallest absolute Gasteiger partial charge is 0.197 e. The third kappa shape index (κ3) is 0.817. The van der Waals surface area contributed by atoms with Gasteiger partial charge in [0.1, 0.15) is 0 Å². The van der Waals surface area contributed by atoms with E-state index in [0.29, 0.717) is 0 Å².